The van der Waals surface area contributed by atoms with Gasteiger partial charge >= 0.3 is 0 Å². The third kappa shape index (κ3) is 1.96. The van der Waals surface area contributed by atoms with Crippen molar-refractivity contribution in [2.45, 2.75) is 13.0 Å². The number of fused-ring (bicyclic) bond motifs is 1. The van der Waals surface area contributed by atoms with Crippen molar-refractivity contribution >= 4 is 11.0 Å². The molecule has 1 aromatic carbocycles. The highest BCUT2D eigenvalue weighted by Crippen LogP contribution is 2.26. The average Bonchev–Trinajstić information content (AvgIpc) is 2.71. The van der Waals surface area contributed by atoms with E-state index in [1.54, 1.807) is 7.11 Å². The van der Waals surface area contributed by atoms with Gasteiger partial charge in [0.25, 0.3) is 0 Å². The van der Waals surface area contributed by atoms with E-state index in [1.165, 1.54) is 0 Å². The highest BCUT2D eigenvalue weighted by molar-refractivity contribution is 5.80. The summed E-state index contributed by atoms with van der Waals surface area (Å²) in [6.45, 7) is 2.66. The summed E-state index contributed by atoms with van der Waals surface area (Å²) in [4.78, 5) is 0. The van der Waals surface area contributed by atoms with Gasteiger partial charge in [0.1, 0.15) is 11.3 Å². The SMILES string of the molecule is CNC(COC)c1cc2cccc(C)c2o1. The molecule has 0 aliphatic rings. The molecule has 16 heavy (non-hydrogen) atoms. The van der Waals surface area contributed by atoms with Crippen LogP contribution >= 0.6 is 0 Å². The van der Waals surface area contributed by atoms with Gasteiger partial charge in [-0.15, -0.1) is 0 Å². The average molecular weight is 219 g/mol. The third-order valence-electron chi connectivity index (χ3n) is 2.79. The maximum absolute atomic E-state index is 5.86. The van der Waals surface area contributed by atoms with Crippen molar-refractivity contribution in [3.8, 4) is 0 Å². The van der Waals surface area contributed by atoms with Gasteiger partial charge in [-0.2, -0.15) is 0 Å². The van der Waals surface area contributed by atoms with Gasteiger partial charge in [0.15, 0.2) is 0 Å². The number of hydrogen-bond donors (Lipinski definition) is 1. The lowest BCUT2D eigenvalue weighted by Crippen LogP contribution is -2.20. The second-order valence-electron chi connectivity index (χ2n) is 3.94. The van der Waals surface area contributed by atoms with Crippen LogP contribution in [0.1, 0.15) is 17.4 Å². The van der Waals surface area contributed by atoms with E-state index in [0.717, 1.165) is 22.3 Å². The molecule has 0 bridgehead atoms. The number of ether oxygens (including phenoxy) is 1. The van der Waals surface area contributed by atoms with Gasteiger partial charge in [-0.1, -0.05) is 18.2 Å². The molecule has 1 aromatic heterocycles. The number of furan rings is 1. The number of likely N-dealkylation sites (N-methyl/N-ethyl adjacent to an activating group) is 1. The molecule has 3 heteroatoms. The van der Waals surface area contributed by atoms with Crippen molar-refractivity contribution in [1.82, 2.24) is 5.32 Å². The first-order chi connectivity index (χ1) is 7.76. The minimum atomic E-state index is 0.108. The highest BCUT2D eigenvalue weighted by Gasteiger charge is 2.14. The van der Waals surface area contributed by atoms with Crippen LogP contribution in [0.3, 0.4) is 0 Å². The van der Waals surface area contributed by atoms with Gasteiger partial charge in [0.05, 0.1) is 12.6 Å². The van der Waals surface area contributed by atoms with E-state index < -0.39 is 0 Å². The second kappa shape index (κ2) is 4.68. The lowest BCUT2D eigenvalue weighted by molar-refractivity contribution is 0.162. The van der Waals surface area contributed by atoms with E-state index in [-0.39, 0.29) is 6.04 Å². The minimum Gasteiger partial charge on any atom is -0.459 e. The Labute approximate surface area is 95.4 Å². The molecule has 0 spiro atoms. The second-order valence-corrected chi connectivity index (χ2v) is 3.94. The molecule has 1 N–H and O–H groups in total. The lowest BCUT2D eigenvalue weighted by Gasteiger charge is -2.11. The minimum absolute atomic E-state index is 0.108. The Morgan fingerprint density at radius 2 is 2.25 bits per heavy atom. The quantitative estimate of drug-likeness (QED) is 0.858. The molecule has 2 rings (SSSR count). The van der Waals surface area contributed by atoms with Crippen molar-refractivity contribution in [2.75, 3.05) is 20.8 Å². The zero-order valence-electron chi connectivity index (χ0n) is 9.91. The first kappa shape index (κ1) is 11.2. The molecular weight excluding hydrogens is 202 g/mol. The number of aryl methyl sites for hydroxylation is 1. The fourth-order valence-electron chi connectivity index (χ4n) is 1.87. The Morgan fingerprint density at radius 3 is 2.88 bits per heavy atom. The predicted octanol–water partition coefficient (Wildman–Crippen LogP) is 2.65. The number of methoxy groups -OCH3 is 1. The van der Waals surface area contributed by atoms with Crippen LogP contribution < -0.4 is 5.32 Å². The summed E-state index contributed by atoms with van der Waals surface area (Å²) in [6, 6.07) is 8.34. The Hall–Kier alpha value is -1.32. The van der Waals surface area contributed by atoms with Crippen LogP contribution in [0.25, 0.3) is 11.0 Å². The molecule has 0 aliphatic carbocycles. The Bertz CT molecular complexity index is 476. The van der Waals surface area contributed by atoms with Gasteiger partial charge < -0.3 is 14.5 Å². The summed E-state index contributed by atoms with van der Waals surface area (Å²) in [5.74, 6) is 0.925. The summed E-state index contributed by atoms with van der Waals surface area (Å²) in [7, 11) is 3.60. The molecular formula is C13H17NO2. The number of nitrogens with one attached hydrogen (secondary N) is 1. The summed E-state index contributed by atoms with van der Waals surface area (Å²) >= 11 is 0. The molecule has 0 saturated heterocycles. The molecule has 0 fully saturated rings. The monoisotopic (exact) mass is 219 g/mol. The van der Waals surface area contributed by atoms with Crippen LogP contribution in [-0.2, 0) is 4.74 Å². The Kier molecular flexibility index (Phi) is 3.27. The van der Waals surface area contributed by atoms with E-state index >= 15 is 0 Å². The van der Waals surface area contributed by atoms with Gasteiger partial charge in [-0.3, -0.25) is 0 Å². The van der Waals surface area contributed by atoms with Crippen LogP contribution in [0.5, 0.6) is 0 Å². The van der Waals surface area contributed by atoms with Gasteiger partial charge in [-0.25, -0.2) is 0 Å². The molecule has 1 unspecified atom stereocenters. The highest BCUT2D eigenvalue weighted by atomic mass is 16.5. The zero-order valence-corrected chi connectivity index (χ0v) is 9.91. The smallest absolute Gasteiger partial charge is 0.137 e. The van der Waals surface area contributed by atoms with Crippen LogP contribution in [0.2, 0.25) is 0 Å². The first-order valence-electron chi connectivity index (χ1n) is 5.41. The van der Waals surface area contributed by atoms with Crippen molar-refractivity contribution < 1.29 is 9.15 Å². The van der Waals surface area contributed by atoms with Crippen LogP contribution in [0.15, 0.2) is 28.7 Å². The van der Waals surface area contributed by atoms with Crippen LogP contribution in [0, 0.1) is 6.92 Å². The standard InChI is InChI=1S/C13H17NO2/c1-9-5-4-6-10-7-12(16-13(9)10)11(14-2)8-15-3/h4-7,11,14H,8H2,1-3H3. The Balaban J connectivity index is 2.42. The third-order valence-corrected chi connectivity index (χ3v) is 2.79. The van der Waals surface area contributed by atoms with Gasteiger partial charge in [0.2, 0.25) is 0 Å². The Morgan fingerprint density at radius 1 is 1.44 bits per heavy atom. The summed E-state index contributed by atoms with van der Waals surface area (Å²) in [5.41, 5.74) is 2.13. The van der Waals surface area contributed by atoms with E-state index in [0.29, 0.717) is 6.61 Å². The largest absolute Gasteiger partial charge is 0.459 e. The van der Waals surface area contributed by atoms with E-state index in [4.69, 9.17) is 9.15 Å². The molecule has 1 heterocycles. The molecule has 2 aromatic rings. The van der Waals surface area contributed by atoms with Crippen molar-refractivity contribution in [1.29, 1.82) is 0 Å². The fourth-order valence-corrected chi connectivity index (χ4v) is 1.87. The van der Waals surface area contributed by atoms with Gasteiger partial charge in [0, 0.05) is 12.5 Å². The molecule has 1 atom stereocenters. The molecule has 86 valence electrons. The van der Waals surface area contributed by atoms with Crippen molar-refractivity contribution in [3.05, 3.63) is 35.6 Å². The van der Waals surface area contributed by atoms with E-state index in [1.807, 2.05) is 13.1 Å². The normalized spacial score (nSPS) is 13.2. The van der Waals surface area contributed by atoms with Crippen LogP contribution in [-0.4, -0.2) is 20.8 Å². The van der Waals surface area contributed by atoms with Crippen LogP contribution in [0.4, 0.5) is 0 Å². The number of benzene rings is 1. The van der Waals surface area contributed by atoms with E-state index in [2.05, 4.69) is 30.4 Å². The molecule has 0 saturated carbocycles. The first-order valence-corrected chi connectivity index (χ1v) is 5.41. The number of hydrogen-bond acceptors (Lipinski definition) is 3. The predicted molar refractivity (Wildman–Crippen MR) is 64.6 cm³/mol. The molecule has 3 nitrogen and oxygen atoms in total. The summed E-state index contributed by atoms with van der Waals surface area (Å²) in [5, 5.41) is 4.33. The molecule has 0 radical (unpaired) electrons. The van der Waals surface area contributed by atoms with Gasteiger partial charge in [-0.05, 0) is 25.6 Å². The van der Waals surface area contributed by atoms with E-state index in [9.17, 15) is 0 Å². The van der Waals surface area contributed by atoms with Crippen molar-refractivity contribution in [3.63, 3.8) is 0 Å². The van der Waals surface area contributed by atoms with Crippen molar-refractivity contribution in [2.24, 2.45) is 0 Å². The lowest BCUT2D eigenvalue weighted by atomic mass is 10.1. The number of rotatable bonds is 4. The topological polar surface area (TPSA) is 34.4 Å². The molecule has 0 amide bonds. The zero-order chi connectivity index (χ0) is 11.5. The summed E-state index contributed by atoms with van der Waals surface area (Å²) in [6.07, 6.45) is 0. The fraction of sp³-hybridized carbons (Fsp3) is 0.385. The number of para-hydroxylation sites is 1. The maximum Gasteiger partial charge on any atom is 0.137 e. The molecule has 0 aliphatic heterocycles. The maximum atomic E-state index is 5.86. The summed E-state index contributed by atoms with van der Waals surface area (Å²) < 4.78 is 11.0.